The summed E-state index contributed by atoms with van der Waals surface area (Å²) in [6, 6.07) is 4.98. The molecule has 3 heteroatoms. The zero-order valence-corrected chi connectivity index (χ0v) is 11.7. The first-order valence-corrected chi connectivity index (χ1v) is 6.86. The van der Waals surface area contributed by atoms with E-state index >= 15 is 0 Å². The van der Waals surface area contributed by atoms with E-state index in [-0.39, 0.29) is 0 Å². The average Bonchev–Trinajstić information content (AvgIpc) is 3.05. The summed E-state index contributed by atoms with van der Waals surface area (Å²) < 4.78 is 7.07. The predicted molar refractivity (Wildman–Crippen MR) is 73.2 cm³/mol. The van der Waals surface area contributed by atoms with Crippen molar-refractivity contribution >= 4 is 26.9 Å². The van der Waals surface area contributed by atoms with Crippen LogP contribution in [0.4, 0.5) is 0 Å². The molecule has 1 heterocycles. The van der Waals surface area contributed by atoms with Crippen molar-refractivity contribution in [2.45, 2.75) is 39.3 Å². The summed E-state index contributed by atoms with van der Waals surface area (Å²) in [5.74, 6) is 1.03. The Morgan fingerprint density at radius 2 is 2.12 bits per heavy atom. The fourth-order valence-electron chi connectivity index (χ4n) is 2.15. The van der Waals surface area contributed by atoms with Crippen molar-refractivity contribution in [3.8, 4) is 0 Å². The van der Waals surface area contributed by atoms with Crippen LogP contribution in [-0.4, -0.2) is 6.04 Å². The van der Waals surface area contributed by atoms with E-state index in [0.717, 1.165) is 23.9 Å². The molecular weight excluding hydrogens is 278 g/mol. The van der Waals surface area contributed by atoms with E-state index in [4.69, 9.17) is 4.42 Å². The number of furan rings is 1. The zero-order valence-electron chi connectivity index (χ0n) is 10.1. The lowest BCUT2D eigenvalue weighted by Gasteiger charge is -2.02. The third-order valence-corrected chi connectivity index (χ3v) is 4.60. The van der Waals surface area contributed by atoms with Crippen molar-refractivity contribution in [2.24, 2.45) is 0 Å². The molecular formula is C14H16BrNO. The van der Waals surface area contributed by atoms with Crippen LogP contribution in [0, 0.1) is 13.8 Å². The van der Waals surface area contributed by atoms with E-state index in [9.17, 15) is 0 Å². The molecule has 2 aromatic rings. The van der Waals surface area contributed by atoms with Gasteiger partial charge in [-0.1, -0.05) is 15.9 Å². The van der Waals surface area contributed by atoms with Gasteiger partial charge >= 0.3 is 0 Å². The molecule has 0 bridgehead atoms. The summed E-state index contributed by atoms with van der Waals surface area (Å²) in [6.07, 6.45) is 2.62. The Kier molecular flexibility index (Phi) is 2.75. The molecule has 1 aromatic carbocycles. The molecule has 17 heavy (non-hydrogen) atoms. The maximum atomic E-state index is 5.88. The van der Waals surface area contributed by atoms with Gasteiger partial charge in [0.1, 0.15) is 11.3 Å². The topological polar surface area (TPSA) is 25.2 Å². The molecule has 1 saturated carbocycles. The van der Waals surface area contributed by atoms with Gasteiger partial charge in [0, 0.05) is 15.9 Å². The maximum absolute atomic E-state index is 5.88. The number of rotatable bonds is 3. The summed E-state index contributed by atoms with van der Waals surface area (Å²) in [5, 5.41) is 4.69. The molecule has 2 nitrogen and oxygen atoms in total. The van der Waals surface area contributed by atoms with E-state index in [0.29, 0.717) is 0 Å². The third kappa shape index (κ3) is 2.14. The van der Waals surface area contributed by atoms with Gasteiger partial charge in [0.25, 0.3) is 0 Å². The largest absolute Gasteiger partial charge is 0.460 e. The number of benzene rings is 1. The lowest BCUT2D eigenvalue weighted by Crippen LogP contribution is -2.14. The van der Waals surface area contributed by atoms with Crippen LogP contribution in [0.1, 0.15) is 29.7 Å². The minimum atomic E-state index is 0.720. The van der Waals surface area contributed by atoms with Crippen molar-refractivity contribution in [3.63, 3.8) is 0 Å². The number of fused-ring (bicyclic) bond motifs is 1. The standard InChI is InChI=1S/C14H16BrNO/c1-8-5-13-12(9(2)14(8)15)6-11(17-13)7-16-10-3-4-10/h5-6,10,16H,3-4,7H2,1-2H3. The fraction of sp³-hybridized carbons (Fsp3) is 0.429. The monoisotopic (exact) mass is 293 g/mol. The third-order valence-electron chi connectivity index (χ3n) is 3.38. The van der Waals surface area contributed by atoms with E-state index in [2.05, 4.69) is 47.2 Å². The molecule has 0 spiro atoms. The molecule has 3 rings (SSSR count). The molecule has 1 fully saturated rings. The van der Waals surface area contributed by atoms with Crippen molar-refractivity contribution < 1.29 is 4.42 Å². The van der Waals surface area contributed by atoms with E-state index in [1.54, 1.807) is 0 Å². The Balaban J connectivity index is 1.96. The highest BCUT2D eigenvalue weighted by atomic mass is 79.9. The molecule has 90 valence electrons. The van der Waals surface area contributed by atoms with Gasteiger partial charge in [-0.15, -0.1) is 0 Å². The molecule has 0 saturated heterocycles. The molecule has 0 atom stereocenters. The first kappa shape index (κ1) is 11.3. The molecule has 1 aliphatic carbocycles. The van der Waals surface area contributed by atoms with Crippen LogP contribution in [0.5, 0.6) is 0 Å². The lowest BCUT2D eigenvalue weighted by molar-refractivity contribution is 0.512. The van der Waals surface area contributed by atoms with Gasteiger partial charge in [-0.3, -0.25) is 0 Å². The second-order valence-electron chi connectivity index (χ2n) is 4.91. The molecule has 0 amide bonds. The summed E-state index contributed by atoms with van der Waals surface area (Å²) in [6.45, 7) is 5.07. The highest BCUT2D eigenvalue weighted by molar-refractivity contribution is 9.10. The summed E-state index contributed by atoms with van der Waals surface area (Å²) in [5.41, 5.74) is 3.49. The quantitative estimate of drug-likeness (QED) is 0.923. The van der Waals surface area contributed by atoms with Gasteiger partial charge in [-0.05, 0) is 49.9 Å². The van der Waals surface area contributed by atoms with Crippen LogP contribution in [0.15, 0.2) is 21.0 Å². The Labute approximate surface area is 110 Å². The molecule has 1 aromatic heterocycles. The number of aryl methyl sites for hydroxylation is 2. The van der Waals surface area contributed by atoms with E-state index in [1.165, 1.54) is 33.8 Å². The van der Waals surface area contributed by atoms with E-state index in [1.807, 2.05) is 0 Å². The minimum absolute atomic E-state index is 0.720. The first-order chi connectivity index (χ1) is 8.15. The number of nitrogens with one attached hydrogen (secondary N) is 1. The van der Waals surface area contributed by atoms with Crippen LogP contribution in [-0.2, 0) is 6.54 Å². The molecule has 0 radical (unpaired) electrons. The maximum Gasteiger partial charge on any atom is 0.134 e. The summed E-state index contributed by atoms with van der Waals surface area (Å²) >= 11 is 3.62. The van der Waals surface area contributed by atoms with Gasteiger partial charge in [-0.2, -0.15) is 0 Å². The number of hydrogen-bond acceptors (Lipinski definition) is 2. The lowest BCUT2D eigenvalue weighted by atomic mass is 10.1. The summed E-state index contributed by atoms with van der Waals surface area (Å²) in [4.78, 5) is 0. The van der Waals surface area contributed by atoms with Gasteiger partial charge < -0.3 is 9.73 Å². The summed E-state index contributed by atoms with van der Waals surface area (Å²) in [7, 11) is 0. The smallest absolute Gasteiger partial charge is 0.134 e. The molecule has 0 aliphatic heterocycles. The Bertz CT molecular complexity index is 569. The van der Waals surface area contributed by atoms with Gasteiger partial charge in [0.05, 0.1) is 6.54 Å². The van der Waals surface area contributed by atoms with Crippen LogP contribution in [0.2, 0.25) is 0 Å². The minimum Gasteiger partial charge on any atom is -0.460 e. The first-order valence-electron chi connectivity index (χ1n) is 6.06. The predicted octanol–water partition coefficient (Wildman–Crippen LogP) is 4.06. The molecule has 1 N–H and O–H groups in total. The van der Waals surface area contributed by atoms with Gasteiger partial charge in [0.2, 0.25) is 0 Å². The number of hydrogen-bond donors (Lipinski definition) is 1. The Morgan fingerprint density at radius 1 is 1.35 bits per heavy atom. The Morgan fingerprint density at radius 3 is 2.82 bits per heavy atom. The molecule has 0 unspecified atom stereocenters. The van der Waals surface area contributed by atoms with Crippen LogP contribution >= 0.6 is 15.9 Å². The molecule has 1 aliphatic rings. The normalized spacial score (nSPS) is 15.7. The van der Waals surface area contributed by atoms with Crippen LogP contribution < -0.4 is 5.32 Å². The van der Waals surface area contributed by atoms with Crippen LogP contribution in [0.3, 0.4) is 0 Å². The van der Waals surface area contributed by atoms with Crippen molar-refractivity contribution in [1.82, 2.24) is 5.32 Å². The second kappa shape index (κ2) is 4.14. The van der Waals surface area contributed by atoms with Gasteiger partial charge in [-0.25, -0.2) is 0 Å². The zero-order chi connectivity index (χ0) is 12.0. The van der Waals surface area contributed by atoms with Crippen molar-refractivity contribution in [3.05, 3.63) is 33.5 Å². The SMILES string of the molecule is Cc1cc2oc(CNC3CC3)cc2c(C)c1Br. The van der Waals surface area contributed by atoms with Gasteiger partial charge in [0.15, 0.2) is 0 Å². The van der Waals surface area contributed by atoms with Crippen LogP contribution in [0.25, 0.3) is 11.0 Å². The fourth-order valence-corrected chi connectivity index (χ4v) is 2.48. The van der Waals surface area contributed by atoms with Crippen molar-refractivity contribution in [1.29, 1.82) is 0 Å². The average molecular weight is 294 g/mol. The highest BCUT2D eigenvalue weighted by Crippen LogP contribution is 2.31. The van der Waals surface area contributed by atoms with Crippen molar-refractivity contribution in [2.75, 3.05) is 0 Å². The Hall–Kier alpha value is -0.800. The highest BCUT2D eigenvalue weighted by Gasteiger charge is 2.20. The number of halogens is 1. The van der Waals surface area contributed by atoms with E-state index < -0.39 is 0 Å². The second-order valence-corrected chi connectivity index (χ2v) is 5.71.